The third kappa shape index (κ3) is 4.15. The second-order valence-electron chi connectivity index (χ2n) is 7.76. The average molecular weight is 536 g/mol. The number of nitrogens with one attached hydrogen (secondary N) is 2. The first kappa shape index (κ1) is 22.1. The first-order chi connectivity index (χ1) is 16.3. The molecule has 0 fully saturated rings. The van der Waals surface area contributed by atoms with E-state index in [-0.39, 0.29) is 23.3 Å². The monoisotopic (exact) mass is 535 g/mol. The number of nitrogens with zero attached hydrogens (tertiary/aromatic N) is 1. The Hall–Kier alpha value is -3.69. The lowest BCUT2D eigenvalue weighted by molar-refractivity contribution is -0.114. The topological polar surface area (TPSA) is 95.6 Å². The van der Waals surface area contributed by atoms with Crippen molar-refractivity contribution in [1.82, 2.24) is 0 Å². The molecule has 4 aromatic rings. The summed E-state index contributed by atoms with van der Waals surface area (Å²) in [6, 6.07) is 23.7. The van der Waals surface area contributed by atoms with Crippen molar-refractivity contribution in [1.29, 1.82) is 0 Å². The molecule has 2 amide bonds. The summed E-state index contributed by atoms with van der Waals surface area (Å²) in [5, 5.41) is 4.52. The molecule has 0 radical (unpaired) electrons. The zero-order valence-corrected chi connectivity index (χ0v) is 20.1. The fourth-order valence-corrected chi connectivity index (χ4v) is 5.25. The molecule has 0 bridgehead atoms. The molecule has 0 spiro atoms. The summed E-state index contributed by atoms with van der Waals surface area (Å²) in [6.07, 6.45) is 0. The van der Waals surface area contributed by atoms with E-state index in [2.05, 4.69) is 26.0 Å². The number of sulfonamides is 1. The summed E-state index contributed by atoms with van der Waals surface area (Å²) in [7, 11) is -3.78. The minimum atomic E-state index is -3.78. The molecule has 1 aliphatic rings. The summed E-state index contributed by atoms with van der Waals surface area (Å²) in [6.45, 7) is -0.155. The number of carbonyl (C=O) groups excluding carboxylic acids is 2. The van der Waals surface area contributed by atoms with Gasteiger partial charge in [0.15, 0.2) is 0 Å². The van der Waals surface area contributed by atoms with E-state index in [1.165, 1.54) is 29.2 Å². The molecule has 2 N–H and O–H groups in total. The van der Waals surface area contributed by atoms with Gasteiger partial charge in [-0.25, -0.2) is 8.42 Å². The van der Waals surface area contributed by atoms with Crippen LogP contribution >= 0.6 is 15.9 Å². The lowest BCUT2D eigenvalue weighted by Crippen LogP contribution is -2.35. The highest BCUT2D eigenvalue weighted by atomic mass is 79.9. The highest BCUT2D eigenvalue weighted by molar-refractivity contribution is 9.10. The fraction of sp³-hybridized carbons (Fsp3) is 0.0400. The summed E-state index contributed by atoms with van der Waals surface area (Å²) >= 11 is 3.31. The fourth-order valence-electron chi connectivity index (χ4n) is 3.93. The van der Waals surface area contributed by atoms with Gasteiger partial charge >= 0.3 is 0 Å². The number of carbonyl (C=O) groups is 2. The van der Waals surface area contributed by atoms with Gasteiger partial charge in [0.1, 0.15) is 6.54 Å². The Labute approximate surface area is 204 Å². The van der Waals surface area contributed by atoms with Crippen LogP contribution in [-0.2, 0) is 14.8 Å². The molecule has 4 aromatic carbocycles. The number of rotatable bonds is 6. The quantitative estimate of drug-likeness (QED) is 0.363. The lowest BCUT2D eigenvalue weighted by atomic mass is 10.1. The van der Waals surface area contributed by atoms with Crippen LogP contribution in [0.3, 0.4) is 0 Å². The van der Waals surface area contributed by atoms with Gasteiger partial charge in [-0.05, 0) is 66.0 Å². The van der Waals surface area contributed by atoms with Gasteiger partial charge in [-0.1, -0.05) is 40.2 Å². The zero-order chi connectivity index (χ0) is 23.9. The molecule has 170 valence electrons. The van der Waals surface area contributed by atoms with Crippen molar-refractivity contribution < 1.29 is 18.0 Å². The van der Waals surface area contributed by atoms with E-state index < -0.39 is 10.0 Å². The second-order valence-corrected chi connectivity index (χ2v) is 10.4. The predicted molar refractivity (Wildman–Crippen MR) is 136 cm³/mol. The summed E-state index contributed by atoms with van der Waals surface area (Å²) in [5.74, 6) is -0.607. The second kappa shape index (κ2) is 8.58. The van der Waals surface area contributed by atoms with Crippen molar-refractivity contribution in [3.63, 3.8) is 0 Å². The van der Waals surface area contributed by atoms with Gasteiger partial charge in [0.05, 0.1) is 10.6 Å². The van der Waals surface area contributed by atoms with E-state index in [4.69, 9.17) is 0 Å². The van der Waals surface area contributed by atoms with Crippen LogP contribution in [0.1, 0.15) is 10.4 Å². The molecule has 34 heavy (non-hydrogen) atoms. The summed E-state index contributed by atoms with van der Waals surface area (Å²) in [4.78, 5) is 27.1. The molecule has 1 aliphatic heterocycles. The molecule has 7 nitrogen and oxygen atoms in total. The molecular formula is C25H18BrN3O4S. The number of hydrogen-bond donors (Lipinski definition) is 2. The maximum atomic E-state index is 12.9. The largest absolute Gasteiger partial charge is 0.325 e. The van der Waals surface area contributed by atoms with E-state index in [1.807, 2.05) is 30.3 Å². The van der Waals surface area contributed by atoms with Crippen molar-refractivity contribution in [3.05, 3.63) is 95.0 Å². The Morgan fingerprint density at radius 2 is 1.50 bits per heavy atom. The molecular weight excluding hydrogens is 518 g/mol. The van der Waals surface area contributed by atoms with Crippen LogP contribution in [0.2, 0.25) is 0 Å². The summed E-state index contributed by atoms with van der Waals surface area (Å²) < 4.78 is 28.6. The van der Waals surface area contributed by atoms with Crippen molar-refractivity contribution in [2.24, 2.45) is 0 Å². The van der Waals surface area contributed by atoms with Crippen molar-refractivity contribution in [2.75, 3.05) is 21.5 Å². The van der Waals surface area contributed by atoms with E-state index >= 15 is 0 Å². The van der Waals surface area contributed by atoms with Crippen LogP contribution in [0.5, 0.6) is 0 Å². The van der Waals surface area contributed by atoms with Crippen LogP contribution in [0.15, 0.2) is 94.3 Å². The van der Waals surface area contributed by atoms with Gasteiger partial charge in [0, 0.05) is 26.8 Å². The van der Waals surface area contributed by atoms with Crippen molar-refractivity contribution >= 4 is 65.6 Å². The van der Waals surface area contributed by atoms with E-state index in [9.17, 15) is 18.0 Å². The maximum Gasteiger partial charge on any atom is 0.261 e. The Balaban J connectivity index is 1.28. The molecule has 0 unspecified atom stereocenters. The Kier molecular flexibility index (Phi) is 5.59. The van der Waals surface area contributed by atoms with Crippen LogP contribution in [0.25, 0.3) is 10.8 Å². The molecule has 0 aromatic heterocycles. The van der Waals surface area contributed by atoms with Gasteiger partial charge in [0.25, 0.3) is 15.9 Å². The SMILES string of the molecule is O=C(CN1C(=O)c2cccc3cccc1c23)Nc1ccc(S(=O)(=O)Nc2ccc(Br)cc2)cc1. The van der Waals surface area contributed by atoms with Crippen molar-refractivity contribution in [3.8, 4) is 0 Å². The van der Waals surface area contributed by atoms with Gasteiger partial charge in [-0.15, -0.1) is 0 Å². The van der Waals surface area contributed by atoms with Gasteiger partial charge < -0.3 is 5.32 Å². The van der Waals surface area contributed by atoms with Gasteiger partial charge in [-0.3, -0.25) is 19.2 Å². The number of amides is 2. The molecule has 0 atom stereocenters. The lowest BCUT2D eigenvalue weighted by Gasteiger charge is -2.17. The maximum absolute atomic E-state index is 12.9. The highest BCUT2D eigenvalue weighted by Gasteiger charge is 2.30. The van der Waals surface area contributed by atoms with Crippen LogP contribution in [0.4, 0.5) is 17.1 Å². The van der Waals surface area contributed by atoms with Crippen LogP contribution in [0, 0.1) is 0 Å². The number of hydrogen-bond acceptors (Lipinski definition) is 4. The standard InChI is InChI=1S/C25H18BrN3O4S/c26-17-7-9-19(10-8-17)28-34(32,33)20-13-11-18(12-14-20)27-23(30)15-29-22-6-2-4-16-3-1-5-21(24(16)22)25(29)31/h1-14,28H,15H2,(H,27,30). The molecule has 9 heteroatoms. The molecule has 0 aliphatic carbocycles. The van der Waals surface area contributed by atoms with E-state index in [0.717, 1.165) is 15.2 Å². The smallest absolute Gasteiger partial charge is 0.261 e. The minimum absolute atomic E-state index is 0.0604. The van der Waals surface area contributed by atoms with Crippen molar-refractivity contribution in [2.45, 2.75) is 4.90 Å². The third-order valence-electron chi connectivity index (χ3n) is 5.50. The zero-order valence-electron chi connectivity index (χ0n) is 17.7. The molecule has 0 saturated carbocycles. The minimum Gasteiger partial charge on any atom is -0.325 e. The Bertz CT molecular complexity index is 1530. The Morgan fingerprint density at radius 3 is 2.21 bits per heavy atom. The Morgan fingerprint density at radius 1 is 0.853 bits per heavy atom. The van der Waals surface area contributed by atoms with Gasteiger partial charge in [0.2, 0.25) is 5.91 Å². The highest BCUT2D eigenvalue weighted by Crippen LogP contribution is 2.37. The molecule has 1 heterocycles. The first-order valence-corrected chi connectivity index (χ1v) is 12.6. The molecule has 5 rings (SSSR count). The summed E-state index contributed by atoms with van der Waals surface area (Å²) in [5.41, 5.74) is 2.14. The van der Waals surface area contributed by atoms with E-state index in [1.54, 1.807) is 30.3 Å². The number of halogens is 1. The van der Waals surface area contributed by atoms with Crippen LogP contribution in [-0.4, -0.2) is 26.8 Å². The number of benzene rings is 4. The van der Waals surface area contributed by atoms with E-state index in [0.29, 0.717) is 22.6 Å². The van der Waals surface area contributed by atoms with Crippen LogP contribution < -0.4 is 14.9 Å². The van der Waals surface area contributed by atoms with Gasteiger partial charge in [-0.2, -0.15) is 0 Å². The third-order valence-corrected chi connectivity index (χ3v) is 7.42. The average Bonchev–Trinajstić information content (AvgIpc) is 3.09. The first-order valence-electron chi connectivity index (χ1n) is 10.3. The number of anilines is 3. The normalized spacial score (nSPS) is 12.7. The molecule has 0 saturated heterocycles. The predicted octanol–water partition coefficient (Wildman–Crippen LogP) is 5.00.